The number of nitrogens with one attached hydrogen (secondary N) is 2. The summed E-state index contributed by atoms with van der Waals surface area (Å²) in [4.78, 5) is 12.6. The molecule has 0 heterocycles. The van der Waals surface area contributed by atoms with E-state index in [9.17, 15) is 4.79 Å². The first-order valence-corrected chi connectivity index (χ1v) is 9.86. The van der Waals surface area contributed by atoms with Crippen molar-refractivity contribution in [3.05, 3.63) is 56.5 Å². The maximum Gasteiger partial charge on any atom is 0.261 e. The number of rotatable bonds is 6. The summed E-state index contributed by atoms with van der Waals surface area (Å²) in [6, 6.07) is 10.2. The highest BCUT2D eigenvalue weighted by atomic mass is 79.9. The molecule has 8 heteroatoms. The van der Waals surface area contributed by atoms with E-state index in [4.69, 9.17) is 40.2 Å². The third-order valence-corrected chi connectivity index (χ3v) is 4.61. The van der Waals surface area contributed by atoms with Gasteiger partial charge in [0.25, 0.3) is 5.91 Å². The van der Waals surface area contributed by atoms with Crippen molar-refractivity contribution in [2.75, 3.05) is 11.9 Å². The first kappa shape index (κ1) is 21.0. The Morgan fingerprint density at radius 2 is 2.00 bits per heavy atom. The molecule has 2 aromatic carbocycles. The van der Waals surface area contributed by atoms with Gasteiger partial charge in [-0.1, -0.05) is 52.5 Å². The average molecular weight is 476 g/mol. The van der Waals surface area contributed by atoms with Crippen molar-refractivity contribution in [2.45, 2.75) is 19.8 Å². The van der Waals surface area contributed by atoms with Crippen LogP contribution in [0.4, 0.5) is 5.69 Å². The van der Waals surface area contributed by atoms with Crippen molar-refractivity contribution in [3.63, 3.8) is 0 Å². The number of hydrogen-bond acceptors (Lipinski definition) is 3. The molecule has 0 fully saturated rings. The van der Waals surface area contributed by atoms with Crippen molar-refractivity contribution < 1.29 is 9.53 Å². The zero-order valence-electron chi connectivity index (χ0n) is 13.9. The predicted molar refractivity (Wildman–Crippen MR) is 115 cm³/mol. The SMILES string of the molecule is CCCCOc1ccc(Br)cc1C(=O)NC(=S)Nc1cc(Cl)ccc1Cl. The van der Waals surface area contributed by atoms with Gasteiger partial charge in [-0.15, -0.1) is 0 Å². The summed E-state index contributed by atoms with van der Waals surface area (Å²) in [6.45, 7) is 2.61. The fourth-order valence-corrected chi connectivity index (χ4v) is 2.95. The Kier molecular flexibility index (Phi) is 8.15. The highest BCUT2D eigenvalue weighted by Gasteiger charge is 2.15. The molecule has 0 aliphatic heterocycles. The number of anilines is 1. The van der Waals surface area contributed by atoms with Crippen LogP contribution < -0.4 is 15.4 Å². The van der Waals surface area contributed by atoms with Gasteiger partial charge in [0.15, 0.2) is 5.11 Å². The molecule has 0 aliphatic rings. The van der Waals surface area contributed by atoms with Crippen LogP contribution in [0.1, 0.15) is 30.1 Å². The number of carbonyl (C=O) groups is 1. The molecule has 0 saturated carbocycles. The molecule has 0 unspecified atom stereocenters. The zero-order chi connectivity index (χ0) is 19.1. The molecule has 2 rings (SSSR count). The lowest BCUT2D eigenvalue weighted by Gasteiger charge is -2.14. The molecule has 0 spiro atoms. The molecular weight excluding hydrogens is 459 g/mol. The van der Waals surface area contributed by atoms with Gasteiger partial charge in [-0.3, -0.25) is 10.1 Å². The predicted octanol–water partition coefficient (Wildman–Crippen LogP) is 6.06. The van der Waals surface area contributed by atoms with Gasteiger partial charge < -0.3 is 10.1 Å². The first-order chi connectivity index (χ1) is 12.4. The molecule has 0 aliphatic carbocycles. The van der Waals surface area contributed by atoms with E-state index >= 15 is 0 Å². The number of halogens is 3. The molecule has 26 heavy (non-hydrogen) atoms. The zero-order valence-corrected chi connectivity index (χ0v) is 17.9. The van der Waals surface area contributed by atoms with Crippen LogP contribution in [-0.4, -0.2) is 17.6 Å². The molecule has 0 atom stereocenters. The Labute approximate surface area is 176 Å². The molecule has 0 aromatic heterocycles. The van der Waals surface area contributed by atoms with E-state index in [1.807, 2.05) is 6.07 Å². The number of benzene rings is 2. The normalized spacial score (nSPS) is 10.3. The summed E-state index contributed by atoms with van der Waals surface area (Å²) in [6.07, 6.45) is 1.91. The van der Waals surface area contributed by atoms with Crippen molar-refractivity contribution >= 4 is 68.1 Å². The van der Waals surface area contributed by atoms with Crippen LogP contribution in [0.15, 0.2) is 40.9 Å². The lowest BCUT2D eigenvalue weighted by Crippen LogP contribution is -2.34. The van der Waals surface area contributed by atoms with E-state index < -0.39 is 0 Å². The maximum atomic E-state index is 12.6. The fraction of sp³-hybridized carbons (Fsp3) is 0.222. The van der Waals surface area contributed by atoms with E-state index in [0.29, 0.717) is 33.7 Å². The van der Waals surface area contributed by atoms with Crippen molar-refractivity contribution in [1.82, 2.24) is 5.32 Å². The number of amides is 1. The highest BCUT2D eigenvalue weighted by Crippen LogP contribution is 2.26. The van der Waals surface area contributed by atoms with Gasteiger partial charge in [-0.25, -0.2) is 0 Å². The molecular formula is C18H17BrCl2N2O2S. The van der Waals surface area contributed by atoms with Gasteiger partial charge in [-0.05, 0) is 55.0 Å². The van der Waals surface area contributed by atoms with Crippen LogP contribution >= 0.6 is 51.3 Å². The van der Waals surface area contributed by atoms with Gasteiger partial charge in [-0.2, -0.15) is 0 Å². The molecule has 0 radical (unpaired) electrons. The van der Waals surface area contributed by atoms with E-state index in [1.54, 1.807) is 30.3 Å². The second-order valence-corrected chi connectivity index (χ2v) is 7.54. The molecule has 2 aromatic rings. The third kappa shape index (κ3) is 6.13. The summed E-state index contributed by atoms with van der Waals surface area (Å²) in [7, 11) is 0. The van der Waals surface area contributed by atoms with Gasteiger partial charge in [0.05, 0.1) is 22.9 Å². The van der Waals surface area contributed by atoms with Crippen molar-refractivity contribution in [3.8, 4) is 5.75 Å². The fourth-order valence-electron chi connectivity index (χ4n) is 2.05. The molecule has 1 amide bonds. The standard InChI is InChI=1S/C18H17BrCl2N2O2S/c1-2-3-8-25-16-7-4-11(19)9-13(16)17(24)23-18(26)22-15-10-12(20)5-6-14(15)21/h4-7,9-10H,2-3,8H2,1H3,(H2,22,23,24,26). The Morgan fingerprint density at radius 3 is 2.73 bits per heavy atom. The molecule has 2 N–H and O–H groups in total. The lowest BCUT2D eigenvalue weighted by molar-refractivity contribution is 0.0973. The second kappa shape index (κ2) is 10.1. The van der Waals surface area contributed by atoms with Crippen LogP contribution in [-0.2, 0) is 0 Å². The van der Waals surface area contributed by atoms with Crippen LogP contribution in [0.5, 0.6) is 5.75 Å². The van der Waals surface area contributed by atoms with E-state index in [-0.39, 0.29) is 11.0 Å². The Hall–Kier alpha value is -1.34. The molecule has 0 saturated heterocycles. The monoisotopic (exact) mass is 474 g/mol. The van der Waals surface area contributed by atoms with E-state index in [0.717, 1.165) is 17.3 Å². The minimum Gasteiger partial charge on any atom is -0.493 e. The third-order valence-electron chi connectivity index (χ3n) is 3.35. The smallest absolute Gasteiger partial charge is 0.261 e. The number of hydrogen-bond donors (Lipinski definition) is 2. The number of thiocarbonyl (C=S) groups is 1. The summed E-state index contributed by atoms with van der Waals surface area (Å²) in [5.41, 5.74) is 0.898. The van der Waals surface area contributed by atoms with Gasteiger partial charge in [0.1, 0.15) is 5.75 Å². The minimum atomic E-state index is -0.381. The molecule has 0 bridgehead atoms. The van der Waals surface area contributed by atoms with Crippen LogP contribution in [0.25, 0.3) is 0 Å². The molecule has 138 valence electrons. The minimum absolute atomic E-state index is 0.110. The van der Waals surface area contributed by atoms with Crippen LogP contribution in [0.2, 0.25) is 10.0 Å². The van der Waals surface area contributed by atoms with Gasteiger partial charge in [0.2, 0.25) is 0 Å². The van der Waals surface area contributed by atoms with E-state index in [2.05, 4.69) is 33.5 Å². The topological polar surface area (TPSA) is 50.4 Å². The number of carbonyl (C=O) groups excluding carboxylic acids is 1. The van der Waals surface area contributed by atoms with Crippen LogP contribution in [0, 0.1) is 0 Å². The maximum absolute atomic E-state index is 12.6. The Morgan fingerprint density at radius 1 is 1.23 bits per heavy atom. The average Bonchev–Trinajstić information content (AvgIpc) is 2.59. The summed E-state index contributed by atoms with van der Waals surface area (Å²) in [5.74, 6) is 0.121. The largest absolute Gasteiger partial charge is 0.493 e. The Bertz CT molecular complexity index is 818. The van der Waals surface area contributed by atoms with Gasteiger partial charge in [0, 0.05) is 9.50 Å². The summed E-state index contributed by atoms with van der Waals surface area (Å²) >= 11 is 20.6. The van der Waals surface area contributed by atoms with Gasteiger partial charge >= 0.3 is 0 Å². The summed E-state index contributed by atoms with van der Waals surface area (Å²) < 4.78 is 6.47. The Balaban J connectivity index is 2.09. The second-order valence-electron chi connectivity index (χ2n) is 5.37. The number of unbranched alkanes of at least 4 members (excludes halogenated alkanes) is 1. The van der Waals surface area contributed by atoms with Crippen molar-refractivity contribution in [2.24, 2.45) is 0 Å². The van der Waals surface area contributed by atoms with Crippen molar-refractivity contribution in [1.29, 1.82) is 0 Å². The first-order valence-electron chi connectivity index (χ1n) is 7.90. The van der Waals surface area contributed by atoms with E-state index in [1.165, 1.54) is 0 Å². The van der Waals surface area contributed by atoms with Crippen LogP contribution in [0.3, 0.4) is 0 Å². The lowest BCUT2D eigenvalue weighted by atomic mass is 10.2. The number of ether oxygens (including phenoxy) is 1. The molecule has 4 nitrogen and oxygen atoms in total. The summed E-state index contributed by atoms with van der Waals surface area (Å²) in [5, 5.41) is 6.55. The quantitative estimate of drug-likeness (QED) is 0.393. The highest BCUT2D eigenvalue weighted by molar-refractivity contribution is 9.10.